The van der Waals surface area contributed by atoms with E-state index in [0.717, 1.165) is 11.1 Å². The summed E-state index contributed by atoms with van der Waals surface area (Å²) in [6.07, 6.45) is 1.66. The first-order chi connectivity index (χ1) is 16.2. The summed E-state index contributed by atoms with van der Waals surface area (Å²) in [5, 5.41) is 12.8. The summed E-state index contributed by atoms with van der Waals surface area (Å²) in [7, 11) is 1.62. The number of ether oxygens (including phenoxy) is 1. The number of carbonyl (C=O) groups excluding carboxylic acids is 1. The van der Waals surface area contributed by atoms with Gasteiger partial charge >= 0.3 is 5.97 Å². The molecule has 3 N–H and O–H groups in total. The number of benzene rings is 2. The van der Waals surface area contributed by atoms with Gasteiger partial charge in [0.15, 0.2) is 0 Å². The fraction of sp³-hybridized carbons (Fsp3) is 0.192. The lowest BCUT2D eigenvalue weighted by atomic mass is 10.0. The Balaban J connectivity index is 1.98. The molecule has 2 aromatic carbocycles. The van der Waals surface area contributed by atoms with E-state index in [1.165, 1.54) is 16.7 Å². The molecule has 0 saturated carbocycles. The molecule has 2 aromatic heterocycles. The molecule has 0 unspecified atom stereocenters. The molecule has 4 aromatic rings. The van der Waals surface area contributed by atoms with Crippen LogP contribution in [0.25, 0.3) is 22.0 Å². The number of aryl methyl sites for hydroxylation is 3. The zero-order valence-corrected chi connectivity index (χ0v) is 19.4. The van der Waals surface area contributed by atoms with Crippen LogP contribution in [-0.2, 0) is 7.05 Å². The van der Waals surface area contributed by atoms with Crippen molar-refractivity contribution in [2.24, 2.45) is 7.05 Å². The van der Waals surface area contributed by atoms with Crippen LogP contribution in [-0.4, -0.2) is 33.1 Å². The Morgan fingerprint density at radius 2 is 1.79 bits per heavy atom. The van der Waals surface area contributed by atoms with Crippen molar-refractivity contribution in [1.29, 1.82) is 0 Å². The number of rotatable bonds is 6. The van der Waals surface area contributed by atoms with E-state index in [2.05, 4.69) is 10.3 Å². The van der Waals surface area contributed by atoms with E-state index in [9.17, 15) is 19.5 Å². The predicted octanol–water partition coefficient (Wildman–Crippen LogP) is 4.39. The van der Waals surface area contributed by atoms with Crippen LogP contribution >= 0.6 is 0 Å². The normalized spacial score (nSPS) is 10.9. The number of H-pyrrole nitrogens is 1. The molecule has 0 aliphatic carbocycles. The van der Waals surface area contributed by atoms with E-state index in [1.54, 1.807) is 25.4 Å². The molecule has 174 valence electrons. The second kappa shape index (κ2) is 8.90. The lowest BCUT2D eigenvalue weighted by Gasteiger charge is -2.17. The van der Waals surface area contributed by atoms with E-state index in [-0.39, 0.29) is 28.2 Å². The van der Waals surface area contributed by atoms with Gasteiger partial charge in [0.1, 0.15) is 22.7 Å². The van der Waals surface area contributed by atoms with Crippen molar-refractivity contribution in [3.05, 3.63) is 81.4 Å². The number of carboxylic acid groups (broad SMARTS) is 1. The largest absolute Gasteiger partial charge is 0.478 e. The molecule has 0 saturated heterocycles. The van der Waals surface area contributed by atoms with Crippen LogP contribution in [0.1, 0.15) is 38.9 Å². The van der Waals surface area contributed by atoms with Crippen molar-refractivity contribution in [2.75, 3.05) is 6.54 Å². The van der Waals surface area contributed by atoms with Crippen LogP contribution in [0.3, 0.4) is 0 Å². The highest BCUT2D eigenvalue weighted by atomic mass is 16.5. The quantitative estimate of drug-likeness (QED) is 0.396. The summed E-state index contributed by atoms with van der Waals surface area (Å²) < 4.78 is 7.71. The van der Waals surface area contributed by atoms with Crippen molar-refractivity contribution in [2.45, 2.75) is 20.8 Å². The molecule has 0 aliphatic heterocycles. The average molecular weight is 460 g/mol. The summed E-state index contributed by atoms with van der Waals surface area (Å²) >= 11 is 0. The highest BCUT2D eigenvalue weighted by Crippen LogP contribution is 2.39. The van der Waals surface area contributed by atoms with Crippen LogP contribution in [0.15, 0.2) is 53.5 Å². The minimum absolute atomic E-state index is 0.0723. The second-order valence-electron chi connectivity index (χ2n) is 8.13. The zero-order chi connectivity index (χ0) is 24.6. The SMILES string of the molecule is CCNC(=O)c1cc2c(-c3ccc(C(=O)O)cc3Oc3c(C)cccc3C)cn(C)c(=O)c2[nH]1. The number of nitrogens with zero attached hydrogens (tertiary/aromatic N) is 1. The fourth-order valence-electron chi connectivity index (χ4n) is 3.96. The van der Waals surface area contributed by atoms with E-state index < -0.39 is 5.97 Å². The van der Waals surface area contributed by atoms with Crippen molar-refractivity contribution < 1.29 is 19.4 Å². The maximum Gasteiger partial charge on any atom is 0.335 e. The second-order valence-corrected chi connectivity index (χ2v) is 8.13. The summed E-state index contributed by atoms with van der Waals surface area (Å²) in [5.41, 5.74) is 3.35. The Morgan fingerprint density at radius 1 is 1.09 bits per heavy atom. The van der Waals surface area contributed by atoms with Gasteiger partial charge in [0.2, 0.25) is 0 Å². The standard InChI is InChI=1S/C26H25N3O5/c1-5-27-24(30)20-12-18-19(13-29(4)25(31)22(18)28-20)17-10-9-16(26(32)33)11-21(17)34-23-14(2)7-6-8-15(23)3/h6-13,28H,5H2,1-4H3,(H,27,30)(H,32,33). The topological polar surface area (TPSA) is 113 Å². The van der Waals surface area contributed by atoms with E-state index in [4.69, 9.17) is 4.74 Å². The summed E-state index contributed by atoms with van der Waals surface area (Å²) in [4.78, 5) is 39.8. The number of hydrogen-bond donors (Lipinski definition) is 3. The smallest absolute Gasteiger partial charge is 0.335 e. The van der Waals surface area contributed by atoms with Crippen molar-refractivity contribution in [3.63, 3.8) is 0 Å². The molecule has 34 heavy (non-hydrogen) atoms. The van der Waals surface area contributed by atoms with Crippen molar-refractivity contribution in [3.8, 4) is 22.6 Å². The fourth-order valence-corrected chi connectivity index (χ4v) is 3.96. The third-order valence-corrected chi connectivity index (χ3v) is 5.69. The summed E-state index contributed by atoms with van der Waals surface area (Å²) in [5.74, 6) is -0.439. The maximum absolute atomic E-state index is 12.8. The number of aromatic nitrogens is 2. The molecule has 0 radical (unpaired) electrons. The van der Waals surface area contributed by atoms with Crippen LogP contribution in [0.2, 0.25) is 0 Å². The summed E-state index contributed by atoms with van der Waals surface area (Å²) in [6.45, 7) is 6.09. The maximum atomic E-state index is 12.8. The minimum Gasteiger partial charge on any atom is -0.478 e. The Kier molecular flexibility index (Phi) is 5.98. The molecule has 0 bridgehead atoms. The van der Waals surface area contributed by atoms with Gasteiger partial charge in [0, 0.05) is 36.3 Å². The predicted molar refractivity (Wildman–Crippen MR) is 130 cm³/mol. The third kappa shape index (κ3) is 4.05. The van der Waals surface area contributed by atoms with Gasteiger partial charge in [-0.05, 0) is 56.2 Å². The Hall–Kier alpha value is -4.33. The number of hydrogen-bond acceptors (Lipinski definition) is 4. The zero-order valence-electron chi connectivity index (χ0n) is 19.4. The van der Waals surface area contributed by atoms with E-state index >= 15 is 0 Å². The molecule has 0 fully saturated rings. The molecule has 4 rings (SSSR count). The van der Waals surface area contributed by atoms with Gasteiger partial charge in [-0.15, -0.1) is 0 Å². The van der Waals surface area contributed by atoms with Gasteiger partial charge in [-0.25, -0.2) is 4.79 Å². The molecule has 0 aliphatic rings. The number of para-hydroxylation sites is 1. The monoisotopic (exact) mass is 459 g/mol. The highest BCUT2D eigenvalue weighted by molar-refractivity contribution is 6.03. The highest BCUT2D eigenvalue weighted by Gasteiger charge is 2.20. The summed E-state index contributed by atoms with van der Waals surface area (Å²) in [6, 6.07) is 12.0. The number of nitrogens with one attached hydrogen (secondary N) is 2. The van der Waals surface area contributed by atoms with Crippen LogP contribution in [0.4, 0.5) is 0 Å². The van der Waals surface area contributed by atoms with Gasteiger partial charge in [0.05, 0.1) is 5.56 Å². The van der Waals surface area contributed by atoms with Gasteiger partial charge in [0.25, 0.3) is 11.5 Å². The molecule has 2 heterocycles. The molecule has 0 spiro atoms. The number of carbonyl (C=O) groups is 2. The van der Waals surface area contributed by atoms with E-state index in [1.807, 2.05) is 39.0 Å². The number of pyridine rings is 1. The van der Waals surface area contributed by atoms with Gasteiger partial charge in [-0.2, -0.15) is 0 Å². The molecular formula is C26H25N3O5. The molecule has 0 atom stereocenters. The van der Waals surface area contributed by atoms with Gasteiger partial charge in [-0.1, -0.05) is 18.2 Å². The lowest BCUT2D eigenvalue weighted by Crippen LogP contribution is -2.23. The van der Waals surface area contributed by atoms with Crippen molar-refractivity contribution in [1.82, 2.24) is 14.9 Å². The Morgan fingerprint density at radius 3 is 2.44 bits per heavy atom. The number of amides is 1. The molecule has 1 amide bonds. The Bertz CT molecular complexity index is 1480. The number of fused-ring (bicyclic) bond motifs is 1. The minimum atomic E-state index is -1.08. The average Bonchev–Trinajstić information content (AvgIpc) is 3.25. The molecular weight excluding hydrogens is 434 g/mol. The van der Waals surface area contributed by atoms with Crippen molar-refractivity contribution >= 4 is 22.8 Å². The first kappa shape index (κ1) is 22.8. The van der Waals surface area contributed by atoms with Gasteiger partial charge < -0.3 is 24.7 Å². The van der Waals surface area contributed by atoms with E-state index in [0.29, 0.717) is 34.6 Å². The van der Waals surface area contributed by atoms with Crippen LogP contribution < -0.4 is 15.6 Å². The first-order valence-corrected chi connectivity index (χ1v) is 10.8. The van der Waals surface area contributed by atoms with Crippen LogP contribution in [0.5, 0.6) is 11.5 Å². The van der Waals surface area contributed by atoms with Gasteiger partial charge in [-0.3, -0.25) is 9.59 Å². The number of carboxylic acids is 1. The Labute approximate surface area is 195 Å². The number of aromatic amines is 1. The first-order valence-electron chi connectivity index (χ1n) is 10.8. The molecule has 8 heteroatoms. The third-order valence-electron chi connectivity index (χ3n) is 5.69. The lowest BCUT2D eigenvalue weighted by molar-refractivity contribution is 0.0696. The number of aromatic carboxylic acids is 1. The molecule has 8 nitrogen and oxygen atoms in total. The van der Waals surface area contributed by atoms with Crippen LogP contribution in [0, 0.1) is 13.8 Å².